The van der Waals surface area contributed by atoms with Gasteiger partial charge in [-0.3, -0.25) is 9.69 Å². The Balaban J connectivity index is 1.59. The number of piperazine rings is 1. The van der Waals surface area contributed by atoms with Crippen LogP contribution in [-0.2, 0) is 6.54 Å². The molecule has 2 aromatic carbocycles. The number of rotatable bonds is 9. The lowest BCUT2D eigenvalue weighted by atomic mass is 9.95. The van der Waals surface area contributed by atoms with Crippen LogP contribution in [0.25, 0.3) is 0 Å². The van der Waals surface area contributed by atoms with E-state index in [-0.39, 0.29) is 11.9 Å². The lowest BCUT2D eigenvalue weighted by Gasteiger charge is -2.36. The average Bonchev–Trinajstić information content (AvgIpc) is 3.39. The standard InChI is InChI=1S/C27H34N4O2/c1-3-30(4-2)27(32)22-12-10-21(11-13-22)26(31-16-14-28-15-17-31)23-7-5-8-24(19-23)29-20-25-9-6-18-33-25/h5-13,18-19,26,28-29H,3-4,14-17,20H2,1-2H3/t26-/m0/s1. The van der Waals surface area contributed by atoms with E-state index >= 15 is 0 Å². The number of hydrogen-bond donors (Lipinski definition) is 2. The summed E-state index contributed by atoms with van der Waals surface area (Å²) in [4.78, 5) is 17.1. The van der Waals surface area contributed by atoms with Gasteiger partial charge in [0.2, 0.25) is 0 Å². The fraction of sp³-hybridized carbons (Fsp3) is 0.370. The highest BCUT2D eigenvalue weighted by atomic mass is 16.3. The number of amides is 1. The first-order valence-corrected chi connectivity index (χ1v) is 11.9. The number of benzene rings is 2. The second kappa shape index (κ2) is 11.2. The molecular formula is C27H34N4O2. The van der Waals surface area contributed by atoms with Gasteiger partial charge < -0.3 is 20.0 Å². The third-order valence-electron chi connectivity index (χ3n) is 6.29. The Labute approximate surface area is 196 Å². The van der Waals surface area contributed by atoms with Gasteiger partial charge in [-0.15, -0.1) is 0 Å². The van der Waals surface area contributed by atoms with Crippen LogP contribution in [0.5, 0.6) is 0 Å². The van der Waals surface area contributed by atoms with Crippen LogP contribution >= 0.6 is 0 Å². The predicted octanol–water partition coefficient (Wildman–Crippen LogP) is 4.37. The molecule has 0 aliphatic carbocycles. The van der Waals surface area contributed by atoms with Crippen LogP contribution in [0.3, 0.4) is 0 Å². The number of carbonyl (C=O) groups excluding carboxylic acids is 1. The number of anilines is 1. The molecule has 1 saturated heterocycles. The van der Waals surface area contributed by atoms with E-state index in [1.807, 2.05) is 43.0 Å². The van der Waals surface area contributed by atoms with Gasteiger partial charge in [0.25, 0.3) is 5.91 Å². The maximum atomic E-state index is 12.8. The Morgan fingerprint density at radius 3 is 2.45 bits per heavy atom. The monoisotopic (exact) mass is 446 g/mol. The minimum absolute atomic E-state index is 0.0920. The van der Waals surface area contributed by atoms with Crippen molar-refractivity contribution in [3.8, 4) is 0 Å². The van der Waals surface area contributed by atoms with Crippen LogP contribution in [0.1, 0.15) is 47.1 Å². The number of hydrogen-bond acceptors (Lipinski definition) is 5. The highest BCUT2D eigenvalue weighted by Gasteiger charge is 2.24. The molecule has 1 aliphatic rings. The Morgan fingerprint density at radius 2 is 1.79 bits per heavy atom. The number of furan rings is 1. The van der Waals surface area contributed by atoms with Crippen molar-refractivity contribution in [3.05, 3.63) is 89.4 Å². The average molecular weight is 447 g/mol. The minimum atomic E-state index is 0.0920. The van der Waals surface area contributed by atoms with Gasteiger partial charge in [-0.1, -0.05) is 24.3 Å². The maximum absolute atomic E-state index is 12.8. The summed E-state index contributed by atoms with van der Waals surface area (Å²) in [7, 11) is 0. The molecule has 0 bridgehead atoms. The van der Waals surface area contributed by atoms with E-state index in [1.165, 1.54) is 11.1 Å². The van der Waals surface area contributed by atoms with Crippen LogP contribution < -0.4 is 10.6 Å². The van der Waals surface area contributed by atoms with Gasteiger partial charge in [-0.05, 0) is 61.4 Å². The summed E-state index contributed by atoms with van der Waals surface area (Å²) in [6.07, 6.45) is 1.70. The van der Waals surface area contributed by atoms with Gasteiger partial charge >= 0.3 is 0 Å². The third kappa shape index (κ3) is 5.64. The van der Waals surface area contributed by atoms with Crippen LogP contribution in [0.2, 0.25) is 0 Å². The molecular weight excluding hydrogens is 412 g/mol. The van der Waals surface area contributed by atoms with Gasteiger partial charge in [0.05, 0.1) is 18.8 Å². The zero-order chi connectivity index (χ0) is 23.0. The van der Waals surface area contributed by atoms with Crippen LogP contribution in [-0.4, -0.2) is 55.0 Å². The normalized spacial score (nSPS) is 15.2. The molecule has 4 rings (SSSR count). The van der Waals surface area contributed by atoms with Crippen molar-refractivity contribution in [3.63, 3.8) is 0 Å². The topological polar surface area (TPSA) is 60.8 Å². The second-order valence-electron chi connectivity index (χ2n) is 8.35. The molecule has 33 heavy (non-hydrogen) atoms. The van der Waals surface area contributed by atoms with Crippen molar-refractivity contribution in [1.82, 2.24) is 15.1 Å². The van der Waals surface area contributed by atoms with Crippen LogP contribution in [0, 0.1) is 0 Å². The summed E-state index contributed by atoms with van der Waals surface area (Å²) in [6.45, 7) is 10.0. The second-order valence-corrected chi connectivity index (χ2v) is 8.35. The molecule has 0 spiro atoms. The highest BCUT2D eigenvalue weighted by molar-refractivity contribution is 5.94. The molecule has 1 atom stereocenters. The van der Waals surface area contributed by atoms with Crippen molar-refractivity contribution in [2.24, 2.45) is 0 Å². The summed E-state index contributed by atoms with van der Waals surface area (Å²) in [5.74, 6) is 1.00. The molecule has 3 aromatic rings. The Kier molecular flexibility index (Phi) is 7.81. The third-order valence-corrected chi connectivity index (χ3v) is 6.29. The fourth-order valence-corrected chi connectivity index (χ4v) is 4.48. The highest BCUT2D eigenvalue weighted by Crippen LogP contribution is 2.31. The lowest BCUT2D eigenvalue weighted by Crippen LogP contribution is -2.45. The maximum Gasteiger partial charge on any atom is 0.253 e. The molecule has 6 heteroatoms. The SMILES string of the molecule is CCN(CC)C(=O)c1ccc([C@@H](c2cccc(NCc3ccco3)c2)N2CCNCC2)cc1. The van der Waals surface area contributed by atoms with E-state index in [4.69, 9.17) is 4.42 Å². The number of nitrogens with one attached hydrogen (secondary N) is 2. The Morgan fingerprint density at radius 1 is 1.03 bits per heavy atom. The number of nitrogens with zero attached hydrogens (tertiary/aromatic N) is 2. The first kappa shape index (κ1) is 23.1. The molecule has 2 N–H and O–H groups in total. The molecule has 0 unspecified atom stereocenters. The lowest BCUT2D eigenvalue weighted by molar-refractivity contribution is 0.0773. The van der Waals surface area contributed by atoms with Crippen LogP contribution in [0.15, 0.2) is 71.3 Å². The van der Waals surface area contributed by atoms with Crippen molar-refractivity contribution in [2.45, 2.75) is 26.4 Å². The Hall–Kier alpha value is -3.09. The zero-order valence-electron chi connectivity index (χ0n) is 19.6. The van der Waals surface area contributed by atoms with E-state index in [0.29, 0.717) is 6.54 Å². The molecule has 1 fully saturated rings. The first-order valence-electron chi connectivity index (χ1n) is 11.9. The summed E-state index contributed by atoms with van der Waals surface area (Å²) >= 11 is 0. The molecule has 6 nitrogen and oxygen atoms in total. The molecule has 1 aromatic heterocycles. The molecule has 1 amide bonds. The summed E-state index contributed by atoms with van der Waals surface area (Å²) in [6, 6.07) is 20.8. The van der Waals surface area contributed by atoms with Gasteiger partial charge in [-0.25, -0.2) is 0 Å². The van der Waals surface area contributed by atoms with Gasteiger partial charge in [0.1, 0.15) is 5.76 Å². The van der Waals surface area contributed by atoms with Gasteiger partial charge in [-0.2, -0.15) is 0 Å². The molecule has 0 radical (unpaired) electrons. The largest absolute Gasteiger partial charge is 0.467 e. The molecule has 174 valence electrons. The fourth-order valence-electron chi connectivity index (χ4n) is 4.48. The smallest absolute Gasteiger partial charge is 0.253 e. The van der Waals surface area contributed by atoms with Gasteiger partial charge in [0, 0.05) is 50.5 Å². The van der Waals surface area contributed by atoms with Gasteiger partial charge in [0.15, 0.2) is 0 Å². The quantitative estimate of drug-likeness (QED) is 0.511. The van der Waals surface area contributed by atoms with Crippen LogP contribution in [0.4, 0.5) is 5.69 Å². The summed E-state index contributed by atoms with van der Waals surface area (Å²) in [5.41, 5.74) is 4.26. The zero-order valence-corrected chi connectivity index (χ0v) is 19.6. The van der Waals surface area contributed by atoms with E-state index in [9.17, 15) is 4.79 Å². The van der Waals surface area contributed by atoms with Crippen molar-refractivity contribution in [2.75, 3.05) is 44.6 Å². The molecule has 2 heterocycles. The van der Waals surface area contributed by atoms with E-state index < -0.39 is 0 Å². The summed E-state index contributed by atoms with van der Waals surface area (Å²) < 4.78 is 5.45. The van der Waals surface area contributed by atoms with E-state index in [0.717, 1.165) is 56.3 Å². The van der Waals surface area contributed by atoms with E-state index in [2.05, 4.69) is 51.9 Å². The van der Waals surface area contributed by atoms with E-state index in [1.54, 1.807) is 6.26 Å². The first-order chi connectivity index (χ1) is 16.2. The van der Waals surface area contributed by atoms with Crippen molar-refractivity contribution >= 4 is 11.6 Å². The molecule has 0 saturated carbocycles. The van der Waals surface area contributed by atoms with Crippen molar-refractivity contribution in [1.29, 1.82) is 0 Å². The minimum Gasteiger partial charge on any atom is -0.467 e. The Bertz CT molecular complexity index is 1010. The predicted molar refractivity (Wildman–Crippen MR) is 132 cm³/mol. The summed E-state index contributed by atoms with van der Waals surface area (Å²) in [5, 5.41) is 6.93. The number of carbonyl (C=O) groups is 1. The van der Waals surface area contributed by atoms with Crippen molar-refractivity contribution < 1.29 is 9.21 Å². The molecule has 1 aliphatic heterocycles.